The number of ether oxygens (including phenoxy) is 1. The molecule has 1 amide bonds. The first-order valence-corrected chi connectivity index (χ1v) is 10.4. The van der Waals surface area contributed by atoms with E-state index in [2.05, 4.69) is 10.1 Å². The van der Waals surface area contributed by atoms with Crippen LogP contribution in [0.3, 0.4) is 0 Å². The highest BCUT2D eigenvalue weighted by Crippen LogP contribution is 2.25. The Kier molecular flexibility index (Phi) is 7.78. The summed E-state index contributed by atoms with van der Waals surface area (Å²) in [5.74, 6) is 0.128. The van der Waals surface area contributed by atoms with Crippen LogP contribution in [0.15, 0.2) is 59.1 Å². The van der Waals surface area contributed by atoms with Crippen LogP contribution in [0.25, 0.3) is 11.4 Å². The molecule has 3 rings (SSSR count). The molecule has 0 fully saturated rings. The monoisotopic (exact) mass is 441 g/mol. The molecule has 162 valence electrons. The third-order valence-corrected chi connectivity index (χ3v) is 5.17. The van der Waals surface area contributed by atoms with Crippen LogP contribution in [-0.2, 0) is 20.7 Å². The van der Waals surface area contributed by atoms with E-state index in [0.717, 1.165) is 11.1 Å². The fourth-order valence-electron chi connectivity index (χ4n) is 3.32. The molecule has 0 bridgehead atoms. The SMILES string of the molecule is CC[C@H](c1ccccc1)N(CC(=O)OC)C(=O)CCc1nc(-c2ccc(Cl)cc2)no1. The molecule has 1 heterocycles. The van der Waals surface area contributed by atoms with Crippen molar-refractivity contribution >= 4 is 23.5 Å². The average Bonchev–Trinajstić information content (AvgIpc) is 3.27. The molecule has 0 spiro atoms. The summed E-state index contributed by atoms with van der Waals surface area (Å²) < 4.78 is 10.1. The number of aryl methyl sites for hydroxylation is 1. The van der Waals surface area contributed by atoms with Crippen LogP contribution in [0.4, 0.5) is 0 Å². The lowest BCUT2D eigenvalue weighted by molar-refractivity contribution is -0.148. The fraction of sp³-hybridized carbons (Fsp3) is 0.304. The fourth-order valence-corrected chi connectivity index (χ4v) is 3.44. The van der Waals surface area contributed by atoms with Gasteiger partial charge in [0.25, 0.3) is 0 Å². The van der Waals surface area contributed by atoms with Crippen LogP contribution in [0.2, 0.25) is 5.02 Å². The Hall–Kier alpha value is -3.19. The smallest absolute Gasteiger partial charge is 0.325 e. The maximum Gasteiger partial charge on any atom is 0.325 e. The van der Waals surface area contributed by atoms with Gasteiger partial charge in [-0.25, -0.2) is 0 Å². The van der Waals surface area contributed by atoms with Gasteiger partial charge in [-0.3, -0.25) is 9.59 Å². The highest BCUT2D eigenvalue weighted by molar-refractivity contribution is 6.30. The van der Waals surface area contributed by atoms with E-state index in [0.29, 0.717) is 23.2 Å². The number of amides is 1. The quantitative estimate of drug-likeness (QED) is 0.455. The summed E-state index contributed by atoms with van der Waals surface area (Å²) in [6.45, 7) is 1.86. The van der Waals surface area contributed by atoms with Crippen molar-refractivity contribution in [3.63, 3.8) is 0 Å². The van der Waals surface area contributed by atoms with Gasteiger partial charge in [0.2, 0.25) is 17.6 Å². The normalized spacial score (nSPS) is 11.7. The second-order valence-electron chi connectivity index (χ2n) is 6.95. The van der Waals surface area contributed by atoms with Crippen molar-refractivity contribution in [2.45, 2.75) is 32.2 Å². The first-order valence-electron chi connectivity index (χ1n) is 10.0. The largest absolute Gasteiger partial charge is 0.468 e. The number of rotatable bonds is 9. The molecule has 31 heavy (non-hydrogen) atoms. The van der Waals surface area contributed by atoms with Crippen molar-refractivity contribution in [1.29, 1.82) is 0 Å². The Morgan fingerprint density at radius 1 is 1.13 bits per heavy atom. The molecule has 0 aliphatic carbocycles. The molecule has 0 radical (unpaired) electrons. The van der Waals surface area contributed by atoms with E-state index in [1.165, 1.54) is 7.11 Å². The van der Waals surface area contributed by atoms with E-state index in [4.69, 9.17) is 20.9 Å². The van der Waals surface area contributed by atoms with Gasteiger partial charge in [0.1, 0.15) is 6.54 Å². The molecule has 1 atom stereocenters. The minimum Gasteiger partial charge on any atom is -0.468 e. The lowest BCUT2D eigenvalue weighted by atomic mass is 10.0. The summed E-state index contributed by atoms with van der Waals surface area (Å²) >= 11 is 5.91. The molecule has 0 N–H and O–H groups in total. The van der Waals surface area contributed by atoms with E-state index in [1.807, 2.05) is 37.3 Å². The van der Waals surface area contributed by atoms with Crippen molar-refractivity contribution in [3.8, 4) is 11.4 Å². The lowest BCUT2D eigenvalue weighted by Gasteiger charge is -2.30. The third-order valence-electron chi connectivity index (χ3n) is 4.92. The number of hydrogen-bond donors (Lipinski definition) is 0. The van der Waals surface area contributed by atoms with Gasteiger partial charge in [0.05, 0.1) is 13.2 Å². The van der Waals surface area contributed by atoms with Crippen LogP contribution in [0.1, 0.15) is 37.3 Å². The summed E-state index contributed by atoms with van der Waals surface area (Å²) in [5.41, 5.74) is 1.73. The molecule has 0 aliphatic heterocycles. The molecule has 3 aromatic rings. The average molecular weight is 442 g/mol. The number of hydrogen-bond acceptors (Lipinski definition) is 6. The zero-order chi connectivity index (χ0) is 22.2. The van der Waals surface area contributed by atoms with Crippen molar-refractivity contribution in [3.05, 3.63) is 71.1 Å². The summed E-state index contributed by atoms with van der Waals surface area (Å²) in [4.78, 5) is 31.0. The molecule has 0 saturated carbocycles. The van der Waals surface area contributed by atoms with Gasteiger partial charge in [-0.1, -0.05) is 54.0 Å². The van der Waals surface area contributed by atoms with Crippen molar-refractivity contribution in [1.82, 2.24) is 15.0 Å². The molecule has 2 aromatic carbocycles. The summed E-state index contributed by atoms with van der Waals surface area (Å²) in [5, 5.41) is 4.59. The number of methoxy groups -OCH3 is 1. The first kappa shape index (κ1) is 22.5. The van der Waals surface area contributed by atoms with Crippen molar-refractivity contribution in [2.24, 2.45) is 0 Å². The van der Waals surface area contributed by atoms with Gasteiger partial charge in [-0.05, 0) is 36.2 Å². The minimum atomic E-state index is -0.467. The van der Waals surface area contributed by atoms with Crippen LogP contribution in [0, 0.1) is 0 Å². The van der Waals surface area contributed by atoms with E-state index in [9.17, 15) is 9.59 Å². The first-order chi connectivity index (χ1) is 15.0. The van der Waals surface area contributed by atoms with E-state index in [-0.39, 0.29) is 31.3 Å². The standard InChI is InChI=1S/C23H24ClN3O4/c1-3-19(16-7-5-4-6-8-16)27(15-22(29)30-2)21(28)14-13-20-25-23(26-31-20)17-9-11-18(24)12-10-17/h4-12,19H,3,13-15H2,1-2H3/t19-/m1/s1. The Morgan fingerprint density at radius 3 is 2.48 bits per heavy atom. The number of carbonyl (C=O) groups excluding carboxylic acids is 2. The Labute approximate surface area is 186 Å². The number of halogens is 1. The van der Waals surface area contributed by atoms with Crippen LogP contribution in [-0.4, -0.2) is 40.6 Å². The summed E-state index contributed by atoms with van der Waals surface area (Å²) in [7, 11) is 1.31. The summed E-state index contributed by atoms with van der Waals surface area (Å²) in [6, 6.07) is 16.5. The number of nitrogens with zero attached hydrogens (tertiary/aromatic N) is 3. The van der Waals surface area contributed by atoms with Gasteiger partial charge in [-0.15, -0.1) is 0 Å². The van der Waals surface area contributed by atoms with Gasteiger partial charge >= 0.3 is 5.97 Å². The molecule has 7 nitrogen and oxygen atoms in total. The second kappa shape index (κ2) is 10.7. The number of benzene rings is 2. The molecular formula is C23H24ClN3O4. The third kappa shape index (κ3) is 5.92. The van der Waals surface area contributed by atoms with Crippen LogP contribution in [0.5, 0.6) is 0 Å². The maximum absolute atomic E-state index is 13.1. The van der Waals surface area contributed by atoms with E-state index >= 15 is 0 Å². The van der Waals surface area contributed by atoms with Gasteiger partial charge in [0.15, 0.2) is 0 Å². The highest BCUT2D eigenvalue weighted by Gasteiger charge is 2.26. The summed E-state index contributed by atoms with van der Waals surface area (Å²) in [6.07, 6.45) is 1.05. The zero-order valence-corrected chi connectivity index (χ0v) is 18.2. The zero-order valence-electron chi connectivity index (χ0n) is 17.5. The lowest BCUT2D eigenvalue weighted by Crippen LogP contribution is -2.39. The predicted octanol–water partition coefficient (Wildman–Crippen LogP) is 4.48. The van der Waals surface area contributed by atoms with E-state index < -0.39 is 5.97 Å². The van der Waals surface area contributed by atoms with Gasteiger partial charge in [-0.2, -0.15) is 4.98 Å². The minimum absolute atomic E-state index is 0.122. The van der Waals surface area contributed by atoms with Gasteiger partial charge < -0.3 is 14.2 Å². The van der Waals surface area contributed by atoms with Gasteiger partial charge in [0, 0.05) is 23.4 Å². The van der Waals surface area contributed by atoms with Crippen molar-refractivity contribution in [2.75, 3.05) is 13.7 Å². The molecular weight excluding hydrogens is 418 g/mol. The molecule has 0 saturated heterocycles. The predicted molar refractivity (Wildman–Crippen MR) is 116 cm³/mol. The number of aromatic nitrogens is 2. The molecule has 0 unspecified atom stereocenters. The second-order valence-corrected chi connectivity index (χ2v) is 7.39. The molecule has 8 heteroatoms. The maximum atomic E-state index is 13.1. The number of esters is 1. The molecule has 0 aliphatic rings. The Morgan fingerprint density at radius 2 is 1.84 bits per heavy atom. The van der Waals surface area contributed by atoms with E-state index in [1.54, 1.807) is 29.2 Å². The topological polar surface area (TPSA) is 85.5 Å². The molecule has 1 aromatic heterocycles. The van der Waals surface area contributed by atoms with Crippen molar-refractivity contribution < 1.29 is 18.8 Å². The van der Waals surface area contributed by atoms with Crippen LogP contribution < -0.4 is 0 Å². The Balaban J connectivity index is 1.71. The highest BCUT2D eigenvalue weighted by atomic mass is 35.5. The Bertz CT molecular complexity index is 1010. The number of carbonyl (C=O) groups is 2. The van der Waals surface area contributed by atoms with Crippen LogP contribution >= 0.6 is 11.6 Å².